The second-order valence-corrected chi connectivity index (χ2v) is 6.63. The minimum Gasteiger partial charge on any atom is -0.297 e. The van der Waals surface area contributed by atoms with E-state index in [9.17, 15) is 12.8 Å². The molecule has 1 fully saturated rings. The third kappa shape index (κ3) is 3.17. The normalized spacial score (nSPS) is 22.1. The lowest BCUT2D eigenvalue weighted by atomic mass is 10.0. The third-order valence-electron chi connectivity index (χ3n) is 3.54. The monoisotopic (exact) mass is 301 g/mol. The summed E-state index contributed by atoms with van der Waals surface area (Å²) in [4.78, 5) is 1.98. The number of nitrogens with one attached hydrogen (secondary N) is 1. The molecule has 0 aliphatic carbocycles. The minimum atomic E-state index is -3.48. The van der Waals surface area contributed by atoms with E-state index in [4.69, 9.17) is 0 Å². The highest BCUT2D eigenvalue weighted by atomic mass is 32.2. The molecule has 0 spiro atoms. The van der Waals surface area contributed by atoms with Gasteiger partial charge in [0.05, 0.1) is 6.04 Å². The van der Waals surface area contributed by atoms with Crippen LogP contribution < -0.4 is 4.72 Å². The van der Waals surface area contributed by atoms with Gasteiger partial charge in [-0.25, -0.2) is 9.11 Å². The van der Waals surface area contributed by atoms with Gasteiger partial charge in [0.2, 0.25) is 0 Å². The Hall–Kier alpha value is -1.02. The zero-order valence-electron chi connectivity index (χ0n) is 11.7. The summed E-state index contributed by atoms with van der Waals surface area (Å²) >= 11 is 0. The summed E-state index contributed by atoms with van der Waals surface area (Å²) in [5.41, 5.74) is 0.534. The van der Waals surface area contributed by atoms with Gasteiger partial charge in [-0.1, -0.05) is 25.1 Å². The van der Waals surface area contributed by atoms with Crippen molar-refractivity contribution >= 4 is 10.2 Å². The number of likely N-dealkylation sites (N-methyl/N-ethyl adjacent to an activating group) is 1. The summed E-state index contributed by atoms with van der Waals surface area (Å²) in [7, 11) is -1.59. The van der Waals surface area contributed by atoms with Gasteiger partial charge in [0.25, 0.3) is 10.2 Å². The van der Waals surface area contributed by atoms with E-state index in [1.165, 1.54) is 10.4 Å². The van der Waals surface area contributed by atoms with Gasteiger partial charge in [0.15, 0.2) is 0 Å². The highest BCUT2D eigenvalue weighted by molar-refractivity contribution is 7.87. The molecule has 0 bridgehead atoms. The van der Waals surface area contributed by atoms with E-state index in [0.29, 0.717) is 25.2 Å². The molecule has 1 saturated heterocycles. The first-order valence-electron chi connectivity index (χ1n) is 6.65. The lowest BCUT2D eigenvalue weighted by Crippen LogP contribution is -2.52. The van der Waals surface area contributed by atoms with Crippen molar-refractivity contribution in [2.45, 2.75) is 13.0 Å². The van der Waals surface area contributed by atoms with Crippen LogP contribution in [-0.2, 0) is 10.2 Å². The van der Waals surface area contributed by atoms with Crippen LogP contribution in [0.4, 0.5) is 4.39 Å². The summed E-state index contributed by atoms with van der Waals surface area (Å²) in [6.07, 6.45) is 0. The number of halogens is 1. The quantitative estimate of drug-likeness (QED) is 0.901. The Balaban J connectivity index is 2.24. The Morgan fingerprint density at radius 1 is 1.35 bits per heavy atom. The molecule has 112 valence electrons. The SMILES string of the molecule is CCNS(=O)(=O)N1CCN(C)C(c2ccccc2F)C1. The zero-order chi connectivity index (χ0) is 14.8. The van der Waals surface area contributed by atoms with Crippen molar-refractivity contribution in [2.24, 2.45) is 0 Å². The number of nitrogens with zero attached hydrogens (tertiary/aromatic N) is 2. The maximum atomic E-state index is 13.9. The molecule has 7 heteroatoms. The second kappa shape index (κ2) is 6.17. The maximum absolute atomic E-state index is 13.9. The van der Waals surface area contributed by atoms with Crippen LogP contribution in [0.15, 0.2) is 24.3 Å². The highest BCUT2D eigenvalue weighted by Crippen LogP contribution is 2.26. The summed E-state index contributed by atoms with van der Waals surface area (Å²) in [5, 5.41) is 0. The molecule has 0 amide bonds. The number of rotatable bonds is 4. The Morgan fingerprint density at radius 3 is 2.70 bits per heavy atom. The van der Waals surface area contributed by atoms with Crippen LogP contribution in [0.25, 0.3) is 0 Å². The molecule has 0 saturated carbocycles. The van der Waals surface area contributed by atoms with Crippen LogP contribution in [0.5, 0.6) is 0 Å². The number of benzene rings is 1. The van der Waals surface area contributed by atoms with Gasteiger partial charge >= 0.3 is 0 Å². The Kier molecular flexibility index (Phi) is 4.74. The molecule has 1 aliphatic heterocycles. The molecule has 20 heavy (non-hydrogen) atoms. The molecule has 1 unspecified atom stereocenters. The van der Waals surface area contributed by atoms with Crippen molar-refractivity contribution in [1.82, 2.24) is 13.9 Å². The molecule has 1 heterocycles. The van der Waals surface area contributed by atoms with Crippen LogP contribution in [0.2, 0.25) is 0 Å². The lowest BCUT2D eigenvalue weighted by Gasteiger charge is -2.38. The van der Waals surface area contributed by atoms with E-state index >= 15 is 0 Å². The van der Waals surface area contributed by atoms with Crippen molar-refractivity contribution in [3.63, 3.8) is 0 Å². The van der Waals surface area contributed by atoms with Gasteiger partial charge in [-0.05, 0) is 13.1 Å². The third-order valence-corrected chi connectivity index (χ3v) is 5.21. The van der Waals surface area contributed by atoms with E-state index in [0.717, 1.165) is 0 Å². The Bertz CT molecular complexity index is 564. The summed E-state index contributed by atoms with van der Waals surface area (Å²) in [6.45, 7) is 3.33. The van der Waals surface area contributed by atoms with Crippen LogP contribution >= 0.6 is 0 Å². The molecule has 0 aromatic heterocycles. The fourth-order valence-corrected chi connectivity index (χ4v) is 3.63. The molecule has 1 aromatic rings. The van der Waals surface area contributed by atoms with Gasteiger partial charge in [-0.15, -0.1) is 0 Å². The first kappa shape index (κ1) is 15.4. The van der Waals surface area contributed by atoms with Gasteiger partial charge in [-0.2, -0.15) is 12.7 Å². The standard InChI is InChI=1S/C13H20FN3O2S/c1-3-15-20(18,19)17-9-8-16(2)13(10-17)11-6-4-5-7-12(11)14/h4-7,13,15H,3,8-10H2,1-2H3. The van der Waals surface area contributed by atoms with E-state index in [1.807, 2.05) is 11.9 Å². The highest BCUT2D eigenvalue weighted by Gasteiger charge is 2.33. The van der Waals surface area contributed by atoms with E-state index in [2.05, 4.69) is 4.72 Å². The summed E-state index contributed by atoms with van der Waals surface area (Å²) < 4.78 is 41.9. The van der Waals surface area contributed by atoms with Gasteiger partial charge in [0, 0.05) is 31.7 Å². The molecule has 2 rings (SSSR count). The first-order chi connectivity index (χ1) is 9.45. The predicted octanol–water partition coefficient (Wildman–Crippen LogP) is 0.968. The molecule has 0 radical (unpaired) electrons. The number of piperazine rings is 1. The summed E-state index contributed by atoms with van der Waals surface area (Å²) in [6, 6.07) is 6.25. The largest absolute Gasteiger partial charge is 0.297 e. The lowest BCUT2D eigenvalue weighted by molar-refractivity contribution is 0.144. The topological polar surface area (TPSA) is 52.7 Å². The molecule has 1 aromatic carbocycles. The smallest absolute Gasteiger partial charge is 0.279 e. The van der Waals surface area contributed by atoms with E-state index in [1.54, 1.807) is 25.1 Å². The first-order valence-corrected chi connectivity index (χ1v) is 8.09. The van der Waals surface area contributed by atoms with Crippen LogP contribution in [0.1, 0.15) is 18.5 Å². The predicted molar refractivity (Wildman–Crippen MR) is 75.9 cm³/mol. The van der Waals surface area contributed by atoms with Crippen molar-refractivity contribution in [3.8, 4) is 0 Å². The minimum absolute atomic E-state index is 0.257. The van der Waals surface area contributed by atoms with Crippen molar-refractivity contribution in [1.29, 1.82) is 0 Å². The Morgan fingerprint density at radius 2 is 2.05 bits per heavy atom. The maximum Gasteiger partial charge on any atom is 0.279 e. The fourth-order valence-electron chi connectivity index (χ4n) is 2.42. The van der Waals surface area contributed by atoms with Gasteiger partial charge < -0.3 is 0 Å². The average Bonchev–Trinajstić information content (AvgIpc) is 2.40. The van der Waals surface area contributed by atoms with Crippen molar-refractivity contribution < 1.29 is 12.8 Å². The molecule has 1 atom stereocenters. The van der Waals surface area contributed by atoms with Crippen molar-refractivity contribution in [3.05, 3.63) is 35.6 Å². The molecule has 1 N–H and O–H groups in total. The number of hydrogen-bond donors (Lipinski definition) is 1. The van der Waals surface area contributed by atoms with E-state index in [-0.39, 0.29) is 18.4 Å². The molecule has 5 nitrogen and oxygen atoms in total. The van der Waals surface area contributed by atoms with E-state index < -0.39 is 10.2 Å². The Labute approximate surface area is 119 Å². The van der Waals surface area contributed by atoms with Gasteiger partial charge in [0.1, 0.15) is 5.82 Å². The van der Waals surface area contributed by atoms with Gasteiger partial charge in [-0.3, -0.25) is 4.90 Å². The number of hydrogen-bond acceptors (Lipinski definition) is 3. The second-order valence-electron chi connectivity index (χ2n) is 4.88. The summed E-state index contributed by atoms with van der Waals surface area (Å²) in [5.74, 6) is -0.299. The fraction of sp³-hybridized carbons (Fsp3) is 0.538. The molecule has 1 aliphatic rings. The van der Waals surface area contributed by atoms with Crippen LogP contribution in [0.3, 0.4) is 0 Å². The van der Waals surface area contributed by atoms with Crippen LogP contribution in [-0.4, -0.2) is 50.8 Å². The van der Waals surface area contributed by atoms with Crippen molar-refractivity contribution in [2.75, 3.05) is 33.2 Å². The van der Waals surface area contributed by atoms with Crippen LogP contribution in [0, 0.1) is 5.82 Å². The molecular weight excluding hydrogens is 281 g/mol. The molecular formula is C13H20FN3O2S. The zero-order valence-corrected chi connectivity index (χ0v) is 12.5. The average molecular weight is 301 g/mol.